The highest BCUT2D eigenvalue weighted by Gasteiger charge is 2.24. The second-order valence-electron chi connectivity index (χ2n) is 7.08. The van der Waals surface area contributed by atoms with Crippen molar-refractivity contribution in [3.63, 3.8) is 0 Å². The van der Waals surface area contributed by atoms with Crippen molar-refractivity contribution in [2.75, 3.05) is 49.6 Å². The summed E-state index contributed by atoms with van der Waals surface area (Å²) < 4.78 is 5.52. The van der Waals surface area contributed by atoms with Gasteiger partial charge in [0.05, 0.1) is 24.6 Å². The summed E-state index contributed by atoms with van der Waals surface area (Å²) in [6.07, 6.45) is 0.856. The van der Waals surface area contributed by atoms with Crippen molar-refractivity contribution < 1.29 is 9.53 Å². The van der Waals surface area contributed by atoms with Crippen LogP contribution in [0.2, 0.25) is 0 Å². The molecule has 8 nitrogen and oxygen atoms in total. The average molecular weight is 394 g/mol. The van der Waals surface area contributed by atoms with Crippen molar-refractivity contribution in [1.29, 1.82) is 0 Å². The molecule has 2 N–H and O–H groups in total. The number of anilines is 2. The Bertz CT molecular complexity index is 920. The molecule has 0 unspecified atom stereocenters. The molecule has 152 valence electrons. The lowest BCUT2D eigenvalue weighted by atomic mass is 10.0. The van der Waals surface area contributed by atoms with Gasteiger partial charge in [0, 0.05) is 43.0 Å². The Kier molecular flexibility index (Phi) is 5.71. The van der Waals surface area contributed by atoms with Gasteiger partial charge in [-0.25, -0.2) is 14.8 Å². The third kappa shape index (κ3) is 4.22. The molecule has 1 saturated heterocycles. The van der Waals surface area contributed by atoms with Crippen molar-refractivity contribution in [2.24, 2.45) is 4.99 Å². The largest absolute Gasteiger partial charge is 0.378 e. The molecular formula is C21H26N6O2. The van der Waals surface area contributed by atoms with Gasteiger partial charge in [-0.2, -0.15) is 0 Å². The number of aliphatic imine (C=N–C) groups is 1. The number of fused-ring (bicyclic) bond motifs is 1. The van der Waals surface area contributed by atoms with Crippen molar-refractivity contribution in [3.05, 3.63) is 35.5 Å². The summed E-state index contributed by atoms with van der Waals surface area (Å²) in [5.41, 5.74) is 4.70. The first-order valence-corrected chi connectivity index (χ1v) is 10.1. The normalized spacial score (nSPS) is 16.1. The summed E-state index contributed by atoms with van der Waals surface area (Å²) >= 11 is 0. The van der Waals surface area contributed by atoms with Gasteiger partial charge in [-0.3, -0.25) is 4.99 Å². The number of amides is 2. The Morgan fingerprint density at radius 1 is 1.17 bits per heavy atom. The summed E-state index contributed by atoms with van der Waals surface area (Å²) in [5.74, 6) is 1.67. The van der Waals surface area contributed by atoms with E-state index in [9.17, 15) is 4.79 Å². The van der Waals surface area contributed by atoms with Gasteiger partial charge in [-0.1, -0.05) is 0 Å². The van der Waals surface area contributed by atoms with Crippen molar-refractivity contribution in [1.82, 2.24) is 15.3 Å². The molecule has 4 rings (SSSR count). The van der Waals surface area contributed by atoms with E-state index in [2.05, 4.69) is 20.5 Å². The second-order valence-corrected chi connectivity index (χ2v) is 7.08. The van der Waals surface area contributed by atoms with Gasteiger partial charge in [0.25, 0.3) is 0 Å². The molecule has 0 aliphatic carbocycles. The molecule has 8 heteroatoms. The van der Waals surface area contributed by atoms with E-state index in [-0.39, 0.29) is 6.03 Å². The lowest BCUT2D eigenvalue weighted by Gasteiger charge is -2.31. The van der Waals surface area contributed by atoms with Gasteiger partial charge in [-0.15, -0.1) is 0 Å². The number of aromatic nitrogens is 2. The third-order valence-electron chi connectivity index (χ3n) is 5.09. The maximum atomic E-state index is 11.7. The van der Waals surface area contributed by atoms with E-state index in [4.69, 9.17) is 14.7 Å². The number of carbonyl (C=O) groups is 1. The minimum Gasteiger partial charge on any atom is -0.378 e. The number of nitrogens with one attached hydrogen (secondary N) is 2. The predicted molar refractivity (Wildman–Crippen MR) is 114 cm³/mol. The highest BCUT2D eigenvalue weighted by Crippen LogP contribution is 2.29. The predicted octanol–water partition coefficient (Wildman–Crippen LogP) is 2.49. The molecule has 2 amide bonds. The zero-order valence-electron chi connectivity index (χ0n) is 16.9. The maximum absolute atomic E-state index is 11.7. The zero-order valence-corrected chi connectivity index (χ0v) is 16.9. The number of rotatable bonds is 4. The van der Waals surface area contributed by atoms with Gasteiger partial charge in [0.2, 0.25) is 0 Å². The molecule has 29 heavy (non-hydrogen) atoms. The Balaban J connectivity index is 1.68. The topological polar surface area (TPSA) is 91.7 Å². The minimum atomic E-state index is -0.216. The minimum absolute atomic E-state index is 0.216. The van der Waals surface area contributed by atoms with Crippen LogP contribution in [-0.2, 0) is 11.2 Å². The molecule has 0 bridgehead atoms. The van der Waals surface area contributed by atoms with Crippen LogP contribution in [0.4, 0.5) is 16.3 Å². The van der Waals surface area contributed by atoms with Crippen LogP contribution in [0, 0.1) is 0 Å². The highest BCUT2D eigenvalue weighted by atomic mass is 16.5. The van der Waals surface area contributed by atoms with Crippen LogP contribution in [0.3, 0.4) is 0 Å². The molecule has 0 saturated carbocycles. The number of ether oxygens (including phenoxy) is 1. The zero-order chi connectivity index (χ0) is 20.2. The first-order chi connectivity index (χ1) is 14.2. The number of hydrogen-bond acceptors (Lipinski definition) is 6. The van der Waals surface area contributed by atoms with E-state index in [1.54, 1.807) is 0 Å². The van der Waals surface area contributed by atoms with Crippen LogP contribution in [0.5, 0.6) is 0 Å². The van der Waals surface area contributed by atoms with E-state index >= 15 is 0 Å². The molecule has 2 aromatic rings. The number of hydrogen-bond donors (Lipinski definition) is 2. The van der Waals surface area contributed by atoms with Gasteiger partial charge in [0.1, 0.15) is 5.82 Å². The Morgan fingerprint density at radius 2 is 1.93 bits per heavy atom. The first kappa shape index (κ1) is 19.3. The molecule has 1 fully saturated rings. The summed E-state index contributed by atoms with van der Waals surface area (Å²) in [6.45, 7) is 8.33. The van der Waals surface area contributed by atoms with E-state index in [0.717, 1.165) is 54.5 Å². The monoisotopic (exact) mass is 394 g/mol. The highest BCUT2D eigenvalue weighted by molar-refractivity contribution is 6.00. The van der Waals surface area contributed by atoms with Crippen LogP contribution < -0.4 is 15.5 Å². The molecule has 2 aliphatic heterocycles. The standard InChI is InChI=1S/C21H26N6O2/c1-3-22-21(28)24-16-6-4-15(5-7-16)19-25-18-14(2)23-9-8-17(18)20(26-19)27-10-12-29-13-11-27/h4-7H,3,8-13H2,1-2H3,(H2,22,24,28). The Morgan fingerprint density at radius 3 is 2.66 bits per heavy atom. The summed E-state index contributed by atoms with van der Waals surface area (Å²) in [5, 5.41) is 5.53. The first-order valence-electron chi connectivity index (χ1n) is 10.1. The van der Waals surface area contributed by atoms with Crippen LogP contribution in [0.25, 0.3) is 11.4 Å². The Hall–Kier alpha value is -3.00. The van der Waals surface area contributed by atoms with Crippen LogP contribution in [0.15, 0.2) is 29.3 Å². The van der Waals surface area contributed by atoms with Crippen molar-refractivity contribution in [3.8, 4) is 11.4 Å². The average Bonchev–Trinajstić information content (AvgIpc) is 2.75. The third-order valence-corrected chi connectivity index (χ3v) is 5.09. The second kappa shape index (κ2) is 8.57. The van der Waals surface area contributed by atoms with Gasteiger partial charge < -0.3 is 20.3 Å². The molecule has 3 heterocycles. The fraction of sp³-hybridized carbons (Fsp3) is 0.429. The fourth-order valence-corrected chi connectivity index (χ4v) is 3.62. The van der Waals surface area contributed by atoms with Crippen LogP contribution in [-0.4, -0.2) is 61.1 Å². The maximum Gasteiger partial charge on any atom is 0.319 e. The lowest BCUT2D eigenvalue weighted by molar-refractivity contribution is 0.122. The van der Waals surface area contributed by atoms with Crippen LogP contribution in [0.1, 0.15) is 25.1 Å². The molecule has 0 radical (unpaired) electrons. The van der Waals surface area contributed by atoms with E-state index in [1.165, 1.54) is 5.56 Å². The van der Waals surface area contributed by atoms with Crippen molar-refractivity contribution in [2.45, 2.75) is 20.3 Å². The van der Waals surface area contributed by atoms with E-state index in [1.807, 2.05) is 38.1 Å². The van der Waals surface area contributed by atoms with Crippen LogP contribution >= 0.6 is 0 Å². The molecule has 2 aliphatic rings. The lowest BCUT2D eigenvalue weighted by Crippen LogP contribution is -2.38. The molecular weight excluding hydrogens is 368 g/mol. The molecule has 0 spiro atoms. The summed E-state index contributed by atoms with van der Waals surface area (Å²) in [7, 11) is 0. The molecule has 1 aromatic heterocycles. The van der Waals surface area contributed by atoms with Gasteiger partial charge in [-0.05, 0) is 44.5 Å². The number of urea groups is 1. The number of benzene rings is 1. The number of carbonyl (C=O) groups excluding carboxylic acids is 1. The van der Waals surface area contributed by atoms with Gasteiger partial charge >= 0.3 is 6.03 Å². The SMILES string of the molecule is CCNC(=O)Nc1ccc(-c2nc3c(c(N4CCOCC4)n2)CCN=C3C)cc1. The van der Waals surface area contributed by atoms with E-state index in [0.29, 0.717) is 25.6 Å². The number of morpholine rings is 1. The number of nitrogens with zero attached hydrogens (tertiary/aromatic N) is 4. The smallest absolute Gasteiger partial charge is 0.319 e. The Labute approximate surface area is 170 Å². The van der Waals surface area contributed by atoms with Gasteiger partial charge in [0.15, 0.2) is 5.82 Å². The van der Waals surface area contributed by atoms with Crippen molar-refractivity contribution >= 4 is 23.2 Å². The quantitative estimate of drug-likeness (QED) is 0.831. The molecule has 0 atom stereocenters. The summed E-state index contributed by atoms with van der Waals surface area (Å²) in [4.78, 5) is 28.4. The van der Waals surface area contributed by atoms with E-state index < -0.39 is 0 Å². The fourth-order valence-electron chi connectivity index (χ4n) is 3.62. The molecule has 1 aromatic carbocycles. The summed E-state index contributed by atoms with van der Waals surface area (Å²) in [6, 6.07) is 7.38.